The molecule has 1 fully saturated rings. The van der Waals surface area contributed by atoms with Crippen LogP contribution in [0.5, 0.6) is 0 Å². The van der Waals surface area contributed by atoms with Crippen molar-refractivity contribution in [2.45, 2.75) is 26.3 Å². The van der Waals surface area contributed by atoms with Crippen molar-refractivity contribution >= 4 is 17.2 Å². The molecule has 1 aliphatic heterocycles. The Hall–Kier alpha value is -0.870. The van der Waals surface area contributed by atoms with Gasteiger partial charge in [0.2, 0.25) is 0 Å². The van der Waals surface area contributed by atoms with E-state index in [1.54, 1.807) is 11.3 Å². The summed E-state index contributed by atoms with van der Waals surface area (Å²) >= 11 is 1.56. The Bertz CT molecular complexity index is 375. The summed E-state index contributed by atoms with van der Waals surface area (Å²) in [5.74, 6) is 0.593. The van der Waals surface area contributed by atoms with E-state index >= 15 is 0 Å². The number of thiophene rings is 1. The highest BCUT2D eigenvalue weighted by molar-refractivity contribution is 7.13. The molecule has 1 aliphatic rings. The fourth-order valence-electron chi connectivity index (χ4n) is 2.02. The van der Waals surface area contributed by atoms with Gasteiger partial charge in [-0.3, -0.25) is 4.79 Å². The normalized spacial score (nSPS) is 25.4. The van der Waals surface area contributed by atoms with Crippen molar-refractivity contribution in [2.75, 3.05) is 13.1 Å². The Morgan fingerprint density at radius 2 is 2.38 bits per heavy atom. The van der Waals surface area contributed by atoms with Gasteiger partial charge in [0.05, 0.1) is 4.88 Å². The van der Waals surface area contributed by atoms with Gasteiger partial charge in [-0.2, -0.15) is 0 Å². The molecule has 2 unspecified atom stereocenters. The molecular formula is C12H18N2OS. The summed E-state index contributed by atoms with van der Waals surface area (Å²) < 4.78 is 0. The quantitative estimate of drug-likeness (QED) is 0.824. The first-order valence-corrected chi connectivity index (χ1v) is 6.56. The number of hydrogen-bond donors (Lipinski definition) is 2. The molecule has 1 aromatic rings. The van der Waals surface area contributed by atoms with Gasteiger partial charge in [0.1, 0.15) is 0 Å². The van der Waals surface area contributed by atoms with Crippen LogP contribution >= 0.6 is 11.3 Å². The van der Waals surface area contributed by atoms with Crippen molar-refractivity contribution in [3.05, 3.63) is 21.9 Å². The lowest BCUT2D eigenvalue weighted by Crippen LogP contribution is -2.48. The fourth-order valence-corrected chi connectivity index (χ4v) is 2.80. The monoisotopic (exact) mass is 238 g/mol. The Labute approximate surface area is 100 Å². The van der Waals surface area contributed by atoms with Crippen LogP contribution in [-0.4, -0.2) is 25.0 Å². The van der Waals surface area contributed by atoms with Crippen LogP contribution < -0.4 is 10.6 Å². The van der Waals surface area contributed by atoms with E-state index in [9.17, 15) is 4.79 Å². The zero-order valence-electron chi connectivity index (χ0n) is 9.75. The SMILES string of the molecule is Cc1ccc(C(=O)NC2CCNCC2C)s1. The Kier molecular flexibility index (Phi) is 3.61. The van der Waals surface area contributed by atoms with Crippen LogP contribution in [0.4, 0.5) is 0 Å². The van der Waals surface area contributed by atoms with Crippen LogP contribution in [0.15, 0.2) is 12.1 Å². The first-order chi connectivity index (χ1) is 7.66. The summed E-state index contributed by atoms with van der Waals surface area (Å²) in [4.78, 5) is 14.0. The highest BCUT2D eigenvalue weighted by Gasteiger charge is 2.23. The second kappa shape index (κ2) is 4.97. The fraction of sp³-hybridized carbons (Fsp3) is 0.583. The molecule has 0 aliphatic carbocycles. The molecule has 2 heterocycles. The molecular weight excluding hydrogens is 220 g/mol. The van der Waals surface area contributed by atoms with Crippen LogP contribution in [0.25, 0.3) is 0 Å². The summed E-state index contributed by atoms with van der Waals surface area (Å²) in [6.45, 7) is 6.19. The Balaban J connectivity index is 1.96. The van der Waals surface area contributed by atoms with Crippen molar-refractivity contribution in [1.29, 1.82) is 0 Å². The number of rotatable bonds is 2. The van der Waals surface area contributed by atoms with Crippen LogP contribution in [-0.2, 0) is 0 Å². The predicted molar refractivity (Wildman–Crippen MR) is 67.0 cm³/mol. The van der Waals surface area contributed by atoms with E-state index in [1.165, 1.54) is 4.88 Å². The van der Waals surface area contributed by atoms with Gasteiger partial charge in [0.25, 0.3) is 5.91 Å². The molecule has 1 aromatic heterocycles. The van der Waals surface area contributed by atoms with E-state index < -0.39 is 0 Å². The molecule has 0 saturated carbocycles. The van der Waals surface area contributed by atoms with Crippen LogP contribution in [0.3, 0.4) is 0 Å². The van der Waals surface area contributed by atoms with E-state index in [-0.39, 0.29) is 5.91 Å². The minimum Gasteiger partial charge on any atom is -0.348 e. The maximum atomic E-state index is 12.0. The number of piperidine rings is 1. The third-order valence-electron chi connectivity index (χ3n) is 3.07. The predicted octanol–water partition coefficient (Wildman–Crippen LogP) is 1.78. The maximum absolute atomic E-state index is 12.0. The lowest BCUT2D eigenvalue weighted by molar-refractivity contribution is 0.0918. The van der Waals surface area contributed by atoms with Gasteiger partial charge in [0, 0.05) is 10.9 Å². The maximum Gasteiger partial charge on any atom is 0.261 e. The third-order valence-corrected chi connectivity index (χ3v) is 4.07. The second-order valence-corrected chi connectivity index (χ2v) is 5.75. The van der Waals surface area contributed by atoms with Crippen LogP contribution in [0.2, 0.25) is 0 Å². The van der Waals surface area contributed by atoms with Crippen molar-refractivity contribution in [1.82, 2.24) is 10.6 Å². The number of amides is 1. The van der Waals surface area contributed by atoms with Crippen molar-refractivity contribution in [3.63, 3.8) is 0 Å². The van der Waals surface area contributed by atoms with Gasteiger partial charge in [-0.25, -0.2) is 0 Å². The van der Waals surface area contributed by atoms with Crippen LogP contribution in [0.1, 0.15) is 27.9 Å². The molecule has 0 bridgehead atoms. The van der Waals surface area contributed by atoms with Crippen molar-refractivity contribution < 1.29 is 4.79 Å². The summed E-state index contributed by atoms with van der Waals surface area (Å²) in [5.41, 5.74) is 0. The molecule has 2 atom stereocenters. The van der Waals surface area contributed by atoms with E-state index in [0.717, 1.165) is 24.4 Å². The second-order valence-electron chi connectivity index (χ2n) is 4.46. The third kappa shape index (κ3) is 2.62. The van der Waals surface area contributed by atoms with E-state index in [1.807, 2.05) is 19.1 Å². The van der Waals surface area contributed by atoms with E-state index in [2.05, 4.69) is 17.6 Å². The molecule has 0 spiro atoms. The zero-order valence-corrected chi connectivity index (χ0v) is 10.6. The molecule has 0 radical (unpaired) electrons. The minimum absolute atomic E-state index is 0.0804. The molecule has 0 aromatic carbocycles. The topological polar surface area (TPSA) is 41.1 Å². The summed E-state index contributed by atoms with van der Waals surface area (Å²) in [5, 5.41) is 6.46. The van der Waals surface area contributed by atoms with E-state index in [4.69, 9.17) is 0 Å². The highest BCUT2D eigenvalue weighted by Crippen LogP contribution is 2.16. The molecule has 2 rings (SSSR count). The standard InChI is InChI=1S/C12H18N2OS/c1-8-7-13-6-5-10(8)14-12(15)11-4-3-9(2)16-11/h3-4,8,10,13H,5-7H2,1-2H3,(H,14,15). The first-order valence-electron chi connectivity index (χ1n) is 5.75. The molecule has 3 nitrogen and oxygen atoms in total. The van der Waals surface area contributed by atoms with Crippen molar-refractivity contribution in [3.8, 4) is 0 Å². The van der Waals surface area contributed by atoms with Gasteiger partial charge >= 0.3 is 0 Å². The number of carbonyl (C=O) groups is 1. The molecule has 1 amide bonds. The number of hydrogen-bond acceptors (Lipinski definition) is 3. The lowest BCUT2D eigenvalue weighted by Gasteiger charge is -2.30. The first kappa shape index (κ1) is 11.6. The number of nitrogens with one attached hydrogen (secondary N) is 2. The highest BCUT2D eigenvalue weighted by atomic mass is 32.1. The van der Waals surface area contributed by atoms with Gasteiger partial charge in [-0.15, -0.1) is 11.3 Å². The summed E-state index contributed by atoms with van der Waals surface area (Å²) in [7, 11) is 0. The molecule has 88 valence electrons. The average molecular weight is 238 g/mol. The lowest BCUT2D eigenvalue weighted by atomic mass is 9.95. The molecule has 1 saturated heterocycles. The minimum atomic E-state index is 0.0804. The van der Waals surface area contributed by atoms with E-state index in [0.29, 0.717) is 12.0 Å². The summed E-state index contributed by atoms with van der Waals surface area (Å²) in [6.07, 6.45) is 1.03. The molecule has 16 heavy (non-hydrogen) atoms. The van der Waals surface area contributed by atoms with Crippen molar-refractivity contribution in [2.24, 2.45) is 5.92 Å². The smallest absolute Gasteiger partial charge is 0.261 e. The van der Waals surface area contributed by atoms with Gasteiger partial charge in [-0.1, -0.05) is 6.92 Å². The molecule has 2 N–H and O–H groups in total. The van der Waals surface area contributed by atoms with Gasteiger partial charge < -0.3 is 10.6 Å². The number of aryl methyl sites for hydroxylation is 1. The van der Waals surface area contributed by atoms with Crippen LogP contribution in [0, 0.1) is 12.8 Å². The van der Waals surface area contributed by atoms with Gasteiger partial charge in [0.15, 0.2) is 0 Å². The Morgan fingerprint density at radius 3 is 3.00 bits per heavy atom. The average Bonchev–Trinajstić information content (AvgIpc) is 2.68. The largest absolute Gasteiger partial charge is 0.348 e. The zero-order chi connectivity index (χ0) is 11.5. The Morgan fingerprint density at radius 1 is 1.56 bits per heavy atom. The summed E-state index contributed by atoms with van der Waals surface area (Å²) in [6, 6.07) is 4.21. The molecule has 4 heteroatoms. The van der Waals surface area contributed by atoms with Gasteiger partial charge in [-0.05, 0) is 44.5 Å². The number of carbonyl (C=O) groups excluding carboxylic acids is 1.